The summed E-state index contributed by atoms with van der Waals surface area (Å²) in [6.07, 6.45) is 4.11. The zero-order valence-corrected chi connectivity index (χ0v) is 17.5. The average molecular weight is 378 g/mol. The second kappa shape index (κ2) is 5.44. The van der Waals surface area contributed by atoms with Crippen molar-refractivity contribution in [1.29, 1.82) is 0 Å². The fourth-order valence-electron chi connectivity index (χ4n) is 5.07. The van der Waals surface area contributed by atoms with Gasteiger partial charge in [0.15, 0.2) is 6.20 Å². The van der Waals surface area contributed by atoms with Crippen molar-refractivity contribution >= 4 is 49.1 Å². The van der Waals surface area contributed by atoms with E-state index >= 15 is 0 Å². The minimum absolute atomic E-state index is 0.472. The summed E-state index contributed by atoms with van der Waals surface area (Å²) in [7, 11) is 2.17. The van der Waals surface area contributed by atoms with Crippen LogP contribution >= 0.6 is 0 Å². The summed E-state index contributed by atoms with van der Waals surface area (Å²) in [5.41, 5.74) is 8.95. The summed E-state index contributed by atoms with van der Waals surface area (Å²) in [5, 5.41) is 6.49. The maximum Gasteiger partial charge on any atom is 0.224 e. The first kappa shape index (κ1) is 16.7. The molecule has 142 valence electrons. The van der Waals surface area contributed by atoms with Crippen LogP contribution in [0.15, 0.2) is 48.8 Å². The number of nitrogens with zero attached hydrogens (tertiary/aromatic N) is 3. The monoisotopic (exact) mass is 378 g/mol. The van der Waals surface area contributed by atoms with Crippen molar-refractivity contribution in [2.75, 3.05) is 0 Å². The van der Waals surface area contributed by atoms with Gasteiger partial charge >= 0.3 is 0 Å². The Kier molecular flexibility index (Phi) is 3.14. The summed E-state index contributed by atoms with van der Waals surface area (Å²) in [6, 6.07) is 13.6. The van der Waals surface area contributed by atoms with E-state index in [1.807, 2.05) is 12.3 Å². The van der Waals surface area contributed by atoms with E-state index in [4.69, 9.17) is 4.98 Å². The second-order valence-corrected chi connectivity index (χ2v) is 8.73. The molecule has 0 spiro atoms. The highest BCUT2D eigenvalue weighted by atomic mass is 15.0. The van der Waals surface area contributed by atoms with E-state index in [0.29, 0.717) is 5.92 Å². The van der Waals surface area contributed by atoms with Crippen molar-refractivity contribution in [2.24, 2.45) is 7.05 Å². The lowest BCUT2D eigenvalue weighted by Gasteiger charge is -2.16. The summed E-state index contributed by atoms with van der Waals surface area (Å²) >= 11 is 0. The summed E-state index contributed by atoms with van der Waals surface area (Å²) < 4.78 is 4.70. The number of pyridine rings is 3. The van der Waals surface area contributed by atoms with E-state index in [1.54, 1.807) is 0 Å². The first-order chi connectivity index (χ1) is 14.0. The van der Waals surface area contributed by atoms with Gasteiger partial charge in [-0.2, -0.15) is 0 Å². The molecule has 0 aliphatic rings. The highest BCUT2D eigenvalue weighted by Crippen LogP contribution is 2.41. The minimum Gasteiger partial charge on any atom is -0.292 e. The molecule has 3 nitrogen and oxygen atoms in total. The van der Waals surface area contributed by atoms with E-state index in [-0.39, 0.29) is 0 Å². The fourth-order valence-corrected chi connectivity index (χ4v) is 5.07. The maximum atomic E-state index is 4.84. The molecular formula is C26H24N3+. The van der Waals surface area contributed by atoms with E-state index in [2.05, 4.69) is 80.2 Å². The molecule has 0 radical (unpaired) electrons. The second-order valence-electron chi connectivity index (χ2n) is 8.73. The third-order valence-corrected chi connectivity index (χ3v) is 6.71. The van der Waals surface area contributed by atoms with Crippen molar-refractivity contribution in [1.82, 2.24) is 9.38 Å². The molecule has 0 fully saturated rings. The Morgan fingerprint density at radius 3 is 2.62 bits per heavy atom. The van der Waals surface area contributed by atoms with Gasteiger partial charge in [0.2, 0.25) is 5.52 Å². The molecule has 29 heavy (non-hydrogen) atoms. The maximum absolute atomic E-state index is 4.84. The number of hydrogen-bond acceptors (Lipinski definition) is 1. The van der Waals surface area contributed by atoms with Gasteiger partial charge in [0.05, 0.1) is 21.8 Å². The lowest BCUT2D eigenvalue weighted by atomic mass is 9.94. The number of aromatic nitrogens is 3. The van der Waals surface area contributed by atoms with Crippen molar-refractivity contribution in [3.8, 4) is 0 Å². The molecule has 0 atom stereocenters. The molecular weight excluding hydrogens is 354 g/mol. The van der Waals surface area contributed by atoms with Crippen LogP contribution in [-0.2, 0) is 7.05 Å². The van der Waals surface area contributed by atoms with Crippen LogP contribution in [-0.4, -0.2) is 9.38 Å². The topological polar surface area (TPSA) is 21.2 Å². The van der Waals surface area contributed by atoms with Crippen LogP contribution in [0.5, 0.6) is 0 Å². The van der Waals surface area contributed by atoms with Gasteiger partial charge in [-0.1, -0.05) is 19.9 Å². The van der Waals surface area contributed by atoms with Gasteiger partial charge in [-0.15, -0.1) is 0 Å². The van der Waals surface area contributed by atoms with Crippen LogP contribution < -0.4 is 4.57 Å². The highest BCUT2D eigenvalue weighted by Gasteiger charge is 2.25. The van der Waals surface area contributed by atoms with Crippen LogP contribution in [0, 0.1) is 13.8 Å². The number of benzene rings is 2. The molecule has 0 aliphatic carbocycles. The average Bonchev–Trinajstić information content (AvgIpc) is 3.04. The summed E-state index contributed by atoms with van der Waals surface area (Å²) in [4.78, 5) is 4.84. The van der Waals surface area contributed by atoms with Gasteiger partial charge in [-0.3, -0.25) is 4.40 Å². The summed E-state index contributed by atoms with van der Waals surface area (Å²) in [5.74, 6) is 0.472. The molecule has 0 bridgehead atoms. The molecule has 0 N–H and O–H groups in total. The molecule has 0 saturated carbocycles. The van der Waals surface area contributed by atoms with Crippen molar-refractivity contribution in [3.05, 3.63) is 65.5 Å². The Morgan fingerprint density at radius 2 is 1.83 bits per heavy atom. The predicted octanol–water partition coefficient (Wildman–Crippen LogP) is 5.95. The molecule has 0 saturated heterocycles. The number of rotatable bonds is 1. The third-order valence-electron chi connectivity index (χ3n) is 6.71. The molecule has 0 unspecified atom stereocenters. The fraction of sp³-hybridized carbons (Fsp3) is 0.231. The Labute approximate surface area is 169 Å². The first-order valence-corrected chi connectivity index (χ1v) is 10.3. The van der Waals surface area contributed by atoms with E-state index in [0.717, 1.165) is 5.65 Å². The Balaban J connectivity index is 2.10. The Bertz CT molecular complexity index is 1600. The van der Waals surface area contributed by atoms with Crippen LogP contribution in [0.4, 0.5) is 0 Å². The Hall–Kier alpha value is -3.20. The van der Waals surface area contributed by atoms with Crippen molar-refractivity contribution in [3.63, 3.8) is 0 Å². The third kappa shape index (κ3) is 1.97. The normalized spacial score (nSPS) is 12.6. The first-order valence-electron chi connectivity index (χ1n) is 10.3. The lowest BCUT2D eigenvalue weighted by molar-refractivity contribution is -0.643. The van der Waals surface area contributed by atoms with Gasteiger partial charge in [-0.25, -0.2) is 9.55 Å². The standard InChI is InChI=1S/C26H24N3/c1-14(2)18-12-17-8-10-28(5)25-22-16(4)15(3)11-20-19-7-6-9-27-26(19)29(24(20)22)21(13-18)23(17)25/h6-14H,1-5H3/q+1. The number of hydrogen-bond donors (Lipinski definition) is 0. The SMILES string of the molecule is Cc1cc2c3cccnc3n3c4cc(C(C)C)cc5cc[n+](C)c(c(c1C)c23)c54. The van der Waals surface area contributed by atoms with Gasteiger partial charge in [0.1, 0.15) is 12.7 Å². The molecule has 2 aromatic carbocycles. The molecule has 3 heteroatoms. The minimum atomic E-state index is 0.472. The number of aryl methyl sites for hydroxylation is 3. The van der Waals surface area contributed by atoms with Crippen LogP contribution in [0.1, 0.15) is 36.5 Å². The molecule has 6 rings (SSSR count). The lowest BCUT2D eigenvalue weighted by Crippen LogP contribution is -2.29. The molecule has 0 aliphatic heterocycles. The molecule has 4 aromatic heterocycles. The zero-order valence-electron chi connectivity index (χ0n) is 17.5. The number of fused-ring (bicyclic) bond motifs is 5. The molecule has 4 heterocycles. The smallest absolute Gasteiger partial charge is 0.224 e. The summed E-state index contributed by atoms with van der Waals surface area (Å²) in [6.45, 7) is 9.02. The van der Waals surface area contributed by atoms with Crippen LogP contribution in [0.25, 0.3) is 49.1 Å². The van der Waals surface area contributed by atoms with E-state index < -0.39 is 0 Å². The van der Waals surface area contributed by atoms with Gasteiger partial charge in [-0.05, 0) is 66.1 Å². The van der Waals surface area contributed by atoms with E-state index in [1.165, 1.54) is 60.2 Å². The zero-order chi connectivity index (χ0) is 20.0. The molecule has 6 aromatic rings. The highest BCUT2D eigenvalue weighted by molar-refractivity contribution is 6.25. The van der Waals surface area contributed by atoms with E-state index in [9.17, 15) is 0 Å². The van der Waals surface area contributed by atoms with Crippen LogP contribution in [0.3, 0.4) is 0 Å². The predicted molar refractivity (Wildman–Crippen MR) is 121 cm³/mol. The van der Waals surface area contributed by atoms with Gasteiger partial charge < -0.3 is 0 Å². The molecule has 0 amide bonds. The van der Waals surface area contributed by atoms with Crippen molar-refractivity contribution in [2.45, 2.75) is 33.6 Å². The van der Waals surface area contributed by atoms with Gasteiger partial charge in [0, 0.05) is 23.0 Å². The Morgan fingerprint density at radius 1 is 1.00 bits per heavy atom. The largest absolute Gasteiger partial charge is 0.292 e. The quantitative estimate of drug-likeness (QED) is 0.197. The van der Waals surface area contributed by atoms with Gasteiger partial charge in [0.25, 0.3) is 0 Å². The van der Waals surface area contributed by atoms with Crippen LogP contribution in [0.2, 0.25) is 0 Å². The van der Waals surface area contributed by atoms with Crippen molar-refractivity contribution < 1.29 is 4.57 Å².